The van der Waals surface area contributed by atoms with Gasteiger partial charge in [-0.15, -0.1) is 11.3 Å². The van der Waals surface area contributed by atoms with E-state index in [0.717, 1.165) is 40.4 Å². The number of carbonyl (C=O) groups excluding carboxylic acids is 1. The lowest BCUT2D eigenvalue weighted by molar-refractivity contribution is -0.194. The van der Waals surface area contributed by atoms with Gasteiger partial charge in [0.1, 0.15) is 22.6 Å². The van der Waals surface area contributed by atoms with E-state index in [1.54, 1.807) is 23.5 Å². The van der Waals surface area contributed by atoms with Crippen molar-refractivity contribution >= 4 is 28.3 Å². The van der Waals surface area contributed by atoms with E-state index in [1.807, 2.05) is 17.5 Å². The fourth-order valence-electron chi connectivity index (χ4n) is 11.4. The van der Waals surface area contributed by atoms with Crippen molar-refractivity contribution < 1.29 is 9.90 Å². The summed E-state index contributed by atoms with van der Waals surface area (Å²) in [5, 5.41) is 15.3. The van der Waals surface area contributed by atoms with E-state index < -0.39 is 0 Å². The standard InChI is InChI=1S/C32H38N4O2S/c37-25-4-3-24(27-28(25)34-29(33-27)26-2-1-5-39-26)30(38)35-36(31-12-18-6-19(13-31)8-20(7-18)14-31)32-15-21-9-22(16-32)11-23(10-21)17-32/h1-5,18-23,37H,6-17H2,(H,33,34)(H,35,38). The Labute approximate surface area is 233 Å². The number of aromatic hydroxyl groups is 1. The van der Waals surface area contributed by atoms with Crippen molar-refractivity contribution in [3.05, 3.63) is 35.2 Å². The van der Waals surface area contributed by atoms with E-state index >= 15 is 0 Å². The number of imidazole rings is 1. The van der Waals surface area contributed by atoms with Gasteiger partial charge in [-0.3, -0.25) is 10.2 Å². The maximum Gasteiger partial charge on any atom is 0.267 e. The molecule has 0 spiro atoms. The van der Waals surface area contributed by atoms with Gasteiger partial charge in [0, 0.05) is 11.1 Å². The third kappa shape index (κ3) is 3.48. The highest BCUT2D eigenvalue weighted by atomic mass is 32.1. The lowest BCUT2D eigenvalue weighted by Crippen LogP contribution is -2.74. The minimum Gasteiger partial charge on any atom is -0.506 e. The van der Waals surface area contributed by atoms with Crippen molar-refractivity contribution in [3.8, 4) is 16.5 Å². The SMILES string of the molecule is O=C(NN(C12CC3CC(CC(C3)C1)C2)C12CC3CC(CC(C3)C1)C2)c1ccc(O)c2[nH]c(-c3cccs3)nc12. The maximum atomic E-state index is 14.4. The third-order valence-corrected chi connectivity index (χ3v) is 12.7. The lowest BCUT2D eigenvalue weighted by Gasteiger charge is -2.68. The largest absolute Gasteiger partial charge is 0.506 e. The zero-order valence-corrected chi connectivity index (χ0v) is 23.3. The first kappa shape index (κ1) is 23.3. The Kier molecular flexibility index (Phi) is 4.84. The second-order valence-corrected chi connectivity index (χ2v) is 15.4. The van der Waals surface area contributed by atoms with E-state index in [2.05, 4.69) is 15.4 Å². The number of aromatic nitrogens is 2. The third-order valence-electron chi connectivity index (χ3n) is 11.8. The van der Waals surface area contributed by atoms with Gasteiger partial charge in [0.15, 0.2) is 0 Å². The number of hydrazine groups is 1. The highest BCUT2D eigenvalue weighted by molar-refractivity contribution is 7.13. The molecule has 39 heavy (non-hydrogen) atoms. The molecule has 6 nitrogen and oxygen atoms in total. The number of phenolic OH excluding ortho intramolecular Hbond substituents is 1. The summed E-state index contributed by atoms with van der Waals surface area (Å²) in [5.41, 5.74) is 5.52. The van der Waals surface area contributed by atoms with Crippen LogP contribution in [0.25, 0.3) is 21.7 Å². The van der Waals surface area contributed by atoms with Crippen molar-refractivity contribution in [1.29, 1.82) is 0 Å². The van der Waals surface area contributed by atoms with Gasteiger partial charge in [-0.25, -0.2) is 9.99 Å². The molecule has 2 aromatic heterocycles. The minimum absolute atomic E-state index is 0.0595. The quantitative estimate of drug-likeness (QED) is 0.307. The van der Waals surface area contributed by atoms with Crippen LogP contribution in [0.4, 0.5) is 0 Å². The number of amides is 1. The molecule has 8 aliphatic rings. The van der Waals surface area contributed by atoms with Gasteiger partial charge < -0.3 is 10.1 Å². The number of phenols is 1. The van der Waals surface area contributed by atoms with Crippen LogP contribution in [0.1, 0.15) is 87.4 Å². The summed E-state index contributed by atoms with van der Waals surface area (Å²) in [6, 6.07) is 7.42. The molecule has 1 aromatic carbocycles. The predicted octanol–water partition coefficient (Wildman–Crippen LogP) is 6.88. The monoisotopic (exact) mass is 542 g/mol. The molecule has 204 valence electrons. The molecule has 0 saturated heterocycles. The topological polar surface area (TPSA) is 81.3 Å². The number of H-pyrrole nitrogens is 1. The van der Waals surface area contributed by atoms with Crippen LogP contribution >= 0.6 is 11.3 Å². The van der Waals surface area contributed by atoms with E-state index in [0.29, 0.717) is 22.4 Å². The molecule has 2 heterocycles. The Hall–Kier alpha value is -2.38. The second-order valence-electron chi connectivity index (χ2n) is 14.5. The molecule has 8 bridgehead atoms. The normalized spacial score (nSPS) is 39.7. The Balaban J connectivity index is 1.13. The van der Waals surface area contributed by atoms with Gasteiger partial charge in [0.25, 0.3) is 5.91 Å². The summed E-state index contributed by atoms with van der Waals surface area (Å²) in [6.07, 6.45) is 15.9. The fraction of sp³-hybridized carbons (Fsp3) is 0.625. The van der Waals surface area contributed by atoms with Crippen molar-refractivity contribution in [3.63, 3.8) is 0 Å². The summed E-state index contributed by atoms with van der Waals surface area (Å²) in [5.74, 6) is 5.72. The lowest BCUT2D eigenvalue weighted by atomic mass is 9.49. The van der Waals surface area contributed by atoms with E-state index in [-0.39, 0.29) is 22.7 Å². The number of rotatable bonds is 5. The molecule has 11 rings (SSSR count). The molecule has 3 N–H and O–H groups in total. The van der Waals surface area contributed by atoms with Crippen LogP contribution in [-0.4, -0.2) is 37.1 Å². The second kappa shape index (κ2) is 8.10. The average Bonchev–Trinajstić information content (AvgIpc) is 3.56. The number of aromatic amines is 1. The molecule has 0 atom stereocenters. The van der Waals surface area contributed by atoms with Crippen molar-refractivity contribution in [2.45, 2.75) is 88.1 Å². The number of thiophene rings is 1. The predicted molar refractivity (Wildman–Crippen MR) is 152 cm³/mol. The summed E-state index contributed by atoms with van der Waals surface area (Å²) in [6.45, 7) is 0. The van der Waals surface area contributed by atoms with Gasteiger partial charge in [-0.1, -0.05) is 6.07 Å². The molecule has 8 saturated carbocycles. The van der Waals surface area contributed by atoms with Gasteiger partial charge in [0.2, 0.25) is 0 Å². The smallest absolute Gasteiger partial charge is 0.267 e. The number of hydrogen-bond donors (Lipinski definition) is 3. The van der Waals surface area contributed by atoms with Crippen LogP contribution in [0.15, 0.2) is 29.6 Å². The van der Waals surface area contributed by atoms with Gasteiger partial charge in [-0.2, -0.15) is 0 Å². The number of benzene rings is 1. The average molecular weight is 543 g/mol. The molecule has 0 unspecified atom stereocenters. The molecule has 0 aliphatic heterocycles. The molecule has 8 fully saturated rings. The van der Waals surface area contributed by atoms with Crippen LogP contribution in [-0.2, 0) is 0 Å². The van der Waals surface area contributed by atoms with Crippen LogP contribution in [0.5, 0.6) is 5.75 Å². The summed E-state index contributed by atoms with van der Waals surface area (Å²) in [7, 11) is 0. The van der Waals surface area contributed by atoms with Crippen LogP contribution in [0.2, 0.25) is 0 Å². The molecule has 8 aliphatic carbocycles. The molecule has 1 amide bonds. The van der Waals surface area contributed by atoms with Crippen molar-refractivity contribution in [1.82, 2.24) is 20.4 Å². The molecule has 3 aromatic rings. The first-order chi connectivity index (χ1) is 19.0. The summed E-state index contributed by atoms with van der Waals surface area (Å²) in [4.78, 5) is 23.5. The Bertz CT molecular complexity index is 1340. The number of carbonyl (C=O) groups is 1. The number of nitrogens with one attached hydrogen (secondary N) is 2. The van der Waals surface area contributed by atoms with E-state index in [9.17, 15) is 9.90 Å². The fourth-order valence-corrected chi connectivity index (χ4v) is 12.0. The Morgan fingerprint density at radius 2 is 1.41 bits per heavy atom. The molecular weight excluding hydrogens is 504 g/mol. The first-order valence-electron chi connectivity index (χ1n) is 15.3. The van der Waals surface area contributed by atoms with Crippen LogP contribution in [0.3, 0.4) is 0 Å². The maximum absolute atomic E-state index is 14.4. The van der Waals surface area contributed by atoms with Gasteiger partial charge >= 0.3 is 0 Å². The van der Waals surface area contributed by atoms with Crippen LogP contribution in [0, 0.1) is 35.5 Å². The van der Waals surface area contributed by atoms with Crippen LogP contribution < -0.4 is 5.43 Å². The number of hydrogen-bond acceptors (Lipinski definition) is 5. The zero-order chi connectivity index (χ0) is 25.9. The zero-order valence-electron chi connectivity index (χ0n) is 22.5. The number of fused-ring (bicyclic) bond motifs is 1. The highest BCUT2D eigenvalue weighted by Crippen LogP contribution is 2.63. The highest BCUT2D eigenvalue weighted by Gasteiger charge is 2.62. The van der Waals surface area contributed by atoms with E-state index in [4.69, 9.17) is 4.98 Å². The summed E-state index contributed by atoms with van der Waals surface area (Å²) < 4.78 is 0. The molecular formula is C32H38N4O2S. The molecule has 7 heteroatoms. The molecule has 0 radical (unpaired) electrons. The van der Waals surface area contributed by atoms with Gasteiger partial charge in [0.05, 0.1) is 10.4 Å². The van der Waals surface area contributed by atoms with Gasteiger partial charge in [-0.05, 0) is 136 Å². The first-order valence-corrected chi connectivity index (χ1v) is 16.2. The number of nitrogens with zero attached hydrogens (tertiary/aromatic N) is 2. The van der Waals surface area contributed by atoms with Crippen molar-refractivity contribution in [2.75, 3.05) is 0 Å². The summed E-state index contributed by atoms with van der Waals surface area (Å²) >= 11 is 1.60. The van der Waals surface area contributed by atoms with E-state index in [1.165, 1.54) is 77.0 Å². The van der Waals surface area contributed by atoms with Crippen molar-refractivity contribution in [2.24, 2.45) is 35.5 Å². The Morgan fingerprint density at radius 1 is 0.872 bits per heavy atom. The Morgan fingerprint density at radius 3 is 1.90 bits per heavy atom. The minimum atomic E-state index is -0.0595.